The average molecular weight is 334 g/mol. The maximum Gasteiger partial charge on any atom is 0.357 e. The molecule has 2 rings (SSSR count). The molecule has 11 heteroatoms. The first kappa shape index (κ1) is 16.6. The topological polar surface area (TPSA) is 161 Å². The van der Waals surface area contributed by atoms with E-state index in [1.807, 2.05) is 0 Å². The van der Waals surface area contributed by atoms with Gasteiger partial charge in [-0.3, -0.25) is 30.0 Å². The minimum absolute atomic E-state index is 0.218. The smallest absolute Gasteiger partial charge is 0.357 e. The van der Waals surface area contributed by atoms with E-state index in [2.05, 4.69) is 4.98 Å². The number of non-ortho nitro benzene ring substituents is 1. The Morgan fingerprint density at radius 2 is 1.79 bits per heavy atom. The molecule has 11 nitrogen and oxygen atoms in total. The highest BCUT2D eigenvalue weighted by Gasteiger charge is 2.19. The second-order valence-electron chi connectivity index (χ2n) is 4.44. The van der Waals surface area contributed by atoms with Gasteiger partial charge in [-0.25, -0.2) is 4.79 Å². The van der Waals surface area contributed by atoms with Crippen molar-refractivity contribution in [2.45, 2.75) is 0 Å². The number of methoxy groups -OCH3 is 1. The minimum Gasteiger partial charge on any atom is -0.496 e. The summed E-state index contributed by atoms with van der Waals surface area (Å²) in [6.07, 6.45) is 2.35. The van der Waals surface area contributed by atoms with Gasteiger partial charge in [-0.1, -0.05) is 0 Å². The number of nitro benzene ring substituents is 1. The van der Waals surface area contributed by atoms with E-state index in [4.69, 9.17) is 4.74 Å². The SMILES string of the molecule is COc1ccc([N+](=O)[O-])cc1/C=C/c1[nH]c(=O)[nH]c(=O)c1[N+](=O)[O-]. The summed E-state index contributed by atoms with van der Waals surface area (Å²) in [5.41, 5.74) is -3.25. The van der Waals surface area contributed by atoms with Crippen molar-refractivity contribution in [2.24, 2.45) is 0 Å². The van der Waals surface area contributed by atoms with E-state index in [9.17, 15) is 29.8 Å². The molecule has 0 spiro atoms. The molecule has 124 valence electrons. The summed E-state index contributed by atoms with van der Waals surface area (Å²) in [5, 5.41) is 21.8. The third-order valence-corrected chi connectivity index (χ3v) is 2.98. The van der Waals surface area contributed by atoms with Crippen LogP contribution in [0.2, 0.25) is 0 Å². The quantitative estimate of drug-likeness (QED) is 0.610. The van der Waals surface area contributed by atoms with Gasteiger partial charge in [-0.15, -0.1) is 0 Å². The van der Waals surface area contributed by atoms with Gasteiger partial charge >= 0.3 is 16.9 Å². The largest absolute Gasteiger partial charge is 0.496 e. The predicted octanol–water partition coefficient (Wildman–Crippen LogP) is 1.06. The fourth-order valence-corrected chi connectivity index (χ4v) is 1.94. The summed E-state index contributed by atoms with van der Waals surface area (Å²) in [4.78, 5) is 46.9. The lowest BCUT2D eigenvalue weighted by atomic mass is 10.1. The van der Waals surface area contributed by atoms with Crippen LogP contribution in [-0.4, -0.2) is 26.9 Å². The molecule has 0 radical (unpaired) electrons. The summed E-state index contributed by atoms with van der Waals surface area (Å²) in [5.74, 6) is 0.270. The number of aromatic amines is 2. The normalized spacial score (nSPS) is 10.7. The monoisotopic (exact) mass is 334 g/mol. The van der Waals surface area contributed by atoms with Gasteiger partial charge in [0.1, 0.15) is 11.4 Å². The van der Waals surface area contributed by atoms with Crippen molar-refractivity contribution in [1.29, 1.82) is 0 Å². The molecule has 2 N–H and O–H groups in total. The standard InChI is InChI=1S/C13H10N4O7/c1-24-10-5-3-8(16(20)21)6-7(10)2-4-9-11(17(22)23)12(18)15-13(19)14-9/h2-6H,1H3,(H2,14,15,18,19)/b4-2+. The Morgan fingerprint density at radius 3 is 2.38 bits per heavy atom. The molecule has 2 aromatic rings. The first-order chi connectivity index (χ1) is 11.3. The molecule has 1 heterocycles. The number of ether oxygens (including phenoxy) is 1. The van der Waals surface area contributed by atoms with Gasteiger partial charge < -0.3 is 9.72 Å². The van der Waals surface area contributed by atoms with Gasteiger partial charge in [-0.2, -0.15) is 0 Å². The molecule has 0 saturated carbocycles. The van der Waals surface area contributed by atoms with Gasteiger partial charge in [0.15, 0.2) is 0 Å². The van der Waals surface area contributed by atoms with Crippen molar-refractivity contribution in [1.82, 2.24) is 9.97 Å². The van der Waals surface area contributed by atoms with Crippen LogP contribution in [0.15, 0.2) is 27.8 Å². The van der Waals surface area contributed by atoms with Crippen LogP contribution in [-0.2, 0) is 0 Å². The summed E-state index contributed by atoms with van der Waals surface area (Å²) in [6, 6.07) is 3.77. The van der Waals surface area contributed by atoms with Gasteiger partial charge in [0.25, 0.3) is 5.69 Å². The second-order valence-corrected chi connectivity index (χ2v) is 4.44. The van der Waals surface area contributed by atoms with Gasteiger partial charge in [-0.05, 0) is 18.2 Å². The highest BCUT2D eigenvalue weighted by Crippen LogP contribution is 2.26. The molecule has 0 bridgehead atoms. The highest BCUT2D eigenvalue weighted by molar-refractivity contribution is 5.75. The van der Waals surface area contributed by atoms with Crippen molar-refractivity contribution in [2.75, 3.05) is 7.11 Å². The number of nitro groups is 2. The van der Waals surface area contributed by atoms with E-state index in [-0.39, 0.29) is 22.7 Å². The zero-order valence-corrected chi connectivity index (χ0v) is 12.1. The van der Waals surface area contributed by atoms with Gasteiger partial charge in [0, 0.05) is 17.7 Å². The van der Waals surface area contributed by atoms with Crippen LogP contribution in [0.5, 0.6) is 5.75 Å². The number of H-pyrrole nitrogens is 2. The average Bonchev–Trinajstić information content (AvgIpc) is 2.51. The molecule has 0 saturated heterocycles. The molecule has 1 aromatic carbocycles. The molecule has 0 aliphatic carbocycles. The van der Waals surface area contributed by atoms with Crippen LogP contribution < -0.4 is 16.0 Å². The van der Waals surface area contributed by atoms with Crippen molar-refractivity contribution in [3.63, 3.8) is 0 Å². The molecule has 0 aliphatic rings. The van der Waals surface area contributed by atoms with E-state index < -0.39 is 26.8 Å². The fourth-order valence-electron chi connectivity index (χ4n) is 1.94. The Hall–Kier alpha value is -3.76. The van der Waals surface area contributed by atoms with Crippen LogP contribution in [0, 0.1) is 20.2 Å². The van der Waals surface area contributed by atoms with E-state index in [0.29, 0.717) is 0 Å². The van der Waals surface area contributed by atoms with Crippen LogP contribution >= 0.6 is 0 Å². The zero-order chi connectivity index (χ0) is 17.9. The number of nitrogens with zero attached hydrogens (tertiary/aromatic N) is 2. The number of hydrogen-bond donors (Lipinski definition) is 2. The van der Waals surface area contributed by atoms with E-state index >= 15 is 0 Å². The van der Waals surface area contributed by atoms with Gasteiger partial charge in [0.2, 0.25) is 0 Å². The maximum absolute atomic E-state index is 11.5. The zero-order valence-electron chi connectivity index (χ0n) is 12.1. The highest BCUT2D eigenvalue weighted by atomic mass is 16.6. The molecule has 0 aliphatic heterocycles. The van der Waals surface area contributed by atoms with Gasteiger partial charge in [0.05, 0.1) is 17.0 Å². The number of nitrogens with one attached hydrogen (secondary N) is 2. The lowest BCUT2D eigenvalue weighted by Gasteiger charge is -2.04. The Labute approximate surface area is 132 Å². The molecule has 0 fully saturated rings. The summed E-state index contributed by atoms with van der Waals surface area (Å²) < 4.78 is 5.05. The molecule has 0 amide bonds. The van der Waals surface area contributed by atoms with Crippen LogP contribution in [0.25, 0.3) is 12.2 Å². The van der Waals surface area contributed by atoms with Crippen molar-refractivity contribution >= 4 is 23.5 Å². The van der Waals surface area contributed by atoms with E-state index in [0.717, 1.165) is 6.08 Å². The van der Waals surface area contributed by atoms with Crippen LogP contribution in [0.3, 0.4) is 0 Å². The second kappa shape index (κ2) is 6.56. The summed E-state index contributed by atoms with van der Waals surface area (Å²) >= 11 is 0. The number of benzene rings is 1. The molecule has 0 unspecified atom stereocenters. The Kier molecular flexibility index (Phi) is 4.54. The van der Waals surface area contributed by atoms with Crippen molar-refractivity contribution in [3.05, 3.63) is 70.5 Å². The lowest BCUT2D eigenvalue weighted by Crippen LogP contribution is -2.25. The van der Waals surface area contributed by atoms with Crippen LogP contribution in [0.1, 0.15) is 11.3 Å². The van der Waals surface area contributed by atoms with Crippen molar-refractivity contribution in [3.8, 4) is 5.75 Å². The molecule has 0 atom stereocenters. The maximum atomic E-state index is 11.5. The Bertz CT molecular complexity index is 958. The van der Waals surface area contributed by atoms with E-state index in [1.54, 1.807) is 4.98 Å². The van der Waals surface area contributed by atoms with Crippen LogP contribution in [0.4, 0.5) is 11.4 Å². The first-order valence-corrected chi connectivity index (χ1v) is 6.35. The molecular formula is C13H10N4O7. The lowest BCUT2D eigenvalue weighted by molar-refractivity contribution is -0.386. The van der Waals surface area contributed by atoms with E-state index in [1.165, 1.54) is 31.4 Å². The number of hydrogen-bond acceptors (Lipinski definition) is 7. The fraction of sp³-hybridized carbons (Fsp3) is 0.0769. The summed E-state index contributed by atoms with van der Waals surface area (Å²) in [6.45, 7) is 0. The number of aromatic nitrogens is 2. The Balaban J connectivity index is 2.58. The molecular weight excluding hydrogens is 324 g/mol. The number of rotatable bonds is 5. The minimum atomic E-state index is -1.16. The van der Waals surface area contributed by atoms with Crippen molar-refractivity contribution < 1.29 is 14.6 Å². The third-order valence-electron chi connectivity index (χ3n) is 2.98. The predicted molar refractivity (Wildman–Crippen MR) is 82.9 cm³/mol. The first-order valence-electron chi connectivity index (χ1n) is 6.35. The summed E-state index contributed by atoms with van der Waals surface area (Å²) in [7, 11) is 1.34. The Morgan fingerprint density at radius 1 is 1.08 bits per heavy atom. The third kappa shape index (κ3) is 3.35. The molecule has 24 heavy (non-hydrogen) atoms. The molecule has 1 aromatic heterocycles.